The van der Waals surface area contributed by atoms with Gasteiger partial charge in [-0.3, -0.25) is 9.78 Å². The monoisotopic (exact) mass is 465 g/mol. The second-order valence-corrected chi connectivity index (χ2v) is 7.54. The summed E-state index contributed by atoms with van der Waals surface area (Å²) in [5.41, 5.74) is 0.913. The largest absolute Gasteiger partial charge is 0.492 e. The van der Waals surface area contributed by atoms with Crippen LogP contribution in [0.15, 0.2) is 36.5 Å². The summed E-state index contributed by atoms with van der Waals surface area (Å²) in [4.78, 5) is 18.7. The molecule has 168 valence electrons. The van der Waals surface area contributed by atoms with Crippen LogP contribution in [0.2, 0.25) is 5.02 Å². The number of halogens is 4. The molecule has 7 nitrogen and oxygen atoms in total. The van der Waals surface area contributed by atoms with E-state index in [1.807, 2.05) is 13.0 Å². The lowest BCUT2D eigenvalue weighted by atomic mass is 10.1. The number of benzene rings is 1. The van der Waals surface area contributed by atoms with Gasteiger partial charge in [0.25, 0.3) is 5.91 Å². The lowest BCUT2D eigenvalue weighted by Gasteiger charge is -2.27. The molecule has 2 aromatic heterocycles. The van der Waals surface area contributed by atoms with Gasteiger partial charge in [-0.1, -0.05) is 22.9 Å². The number of fused-ring (bicyclic) bond motifs is 1. The van der Waals surface area contributed by atoms with Gasteiger partial charge in [0.2, 0.25) is 0 Å². The van der Waals surface area contributed by atoms with Crippen molar-refractivity contribution in [2.75, 3.05) is 13.2 Å². The van der Waals surface area contributed by atoms with Crippen molar-refractivity contribution in [3.8, 4) is 5.75 Å². The fourth-order valence-electron chi connectivity index (χ4n) is 3.62. The van der Waals surface area contributed by atoms with E-state index in [-0.39, 0.29) is 12.1 Å². The molecule has 0 saturated carbocycles. The summed E-state index contributed by atoms with van der Waals surface area (Å²) in [6, 6.07) is 6.94. The van der Waals surface area contributed by atoms with Gasteiger partial charge in [0.15, 0.2) is 0 Å². The van der Waals surface area contributed by atoms with E-state index in [2.05, 4.69) is 15.3 Å². The van der Waals surface area contributed by atoms with Gasteiger partial charge in [-0.05, 0) is 31.2 Å². The Kier molecular flexibility index (Phi) is 6.05. The molecule has 1 aromatic carbocycles. The van der Waals surface area contributed by atoms with Crippen molar-refractivity contribution >= 4 is 17.5 Å². The number of nitrogens with zero attached hydrogens (tertiary/aromatic N) is 5. The van der Waals surface area contributed by atoms with E-state index >= 15 is 0 Å². The quantitative estimate of drug-likeness (QED) is 0.569. The predicted octanol–water partition coefficient (Wildman–Crippen LogP) is 3.99. The number of amides is 1. The number of ether oxygens (including phenoxy) is 1. The zero-order chi connectivity index (χ0) is 22.9. The number of carbonyl (C=O) groups excluding carboxylic acids is 1. The van der Waals surface area contributed by atoms with Crippen molar-refractivity contribution in [3.63, 3.8) is 0 Å². The Morgan fingerprint density at radius 1 is 1.25 bits per heavy atom. The molecule has 0 saturated heterocycles. The van der Waals surface area contributed by atoms with E-state index in [0.29, 0.717) is 43.3 Å². The van der Waals surface area contributed by atoms with Gasteiger partial charge in [-0.2, -0.15) is 13.2 Å². The highest BCUT2D eigenvalue weighted by Crippen LogP contribution is 2.37. The minimum absolute atomic E-state index is 0.126. The molecular formula is C21H19ClF3N5O2. The maximum atomic E-state index is 13.1. The molecule has 1 aliphatic heterocycles. The molecule has 11 heteroatoms. The smallest absolute Gasteiger partial charge is 0.417 e. The van der Waals surface area contributed by atoms with E-state index in [1.165, 1.54) is 17.0 Å². The number of rotatable bonds is 5. The molecule has 3 heterocycles. The van der Waals surface area contributed by atoms with E-state index in [9.17, 15) is 18.0 Å². The van der Waals surface area contributed by atoms with Gasteiger partial charge < -0.3 is 9.64 Å². The topological polar surface area (TPSA) is 73.1 Å². The highest BCUT2D eigenvalue weighted by molar-refractivity contribution is 6.34. The minimum Gasteiger partial charge on any atom is -0.492 e. The van der Waals surface area contributed by atoms with Crippen LogP contribution in [-0.4, -0.2) is 43.9 Å². The van der Waals surface area contributed by atoms with Gasteiger partial charge in [-0.15, -0.1) is 5.10 Å². The summed E-state index contributed by atoms with van der Waals surface area (Å²) < 4.78 is 46.7. The van der Waals surface area contributed by atoms with E-state index in [1.54, 1.807) is 16.9 Å². The molecule has 0 bridgehead atoms. The number of carbonyl (C=O) groups is 1. The third kappa shape index (κ3) is 4.27. The van der Waals surface area contributed by atoms with Gasteiger partial charge in [-0.25, -0.2) is 4.68 Å². The summed E-state index contributed by atoms with van der Waals surface area (Å²) in [7, 11) is 0. The lowest BCUT2D eigenvalue weighted by Crippen LogP contribution is -2.37. The average molecular weight is 466 g/mol. The normalized spacial score (nSPS) is 13.7. The fraction of sp³-hybridized carbons (Fsp3) is 0.333. The molecule has 0 unspecified atom stereocenters. The van der Waals surface area contributed by atoms with Gasteiger partial charge in [0.05, 0.1) is 41.5 Å². The molecule has 3 aromatic rings. The summed E-state index contributed by atoms with van der Waals surface area (Å²) >= 11 is 5.92. The Morgan fingerprint density at radius 3 is 2.81 bits per heavy atom. The first-order valence-corrected chi connectivity index (χ1v) is 10.3. The first kappa shape index (κ1) is 22.1. The van der Waals surface area contributed by atoms with Crippen LogP contribution in [0.4, 0.5) is 13.2 Å². The molecule has 1 amide bonds. The maximum Gasteiger partial charge on any atom is 0.417 e. The second-order valence-electron chi connectivity index (χ2n) is 7.16. The third-order valence-electron chi connectivity index (χ3n) is 5.15. The molecule has 0 N–H and O–H groups in total. The highest BCUT2D eigenvalue weighted by atomic mass is 35.5. The van der Waals surface area contributed by atoms with E-state index < -0.39 is 22.7 Å². The van der Waals surface area contributed by atoms with Crippen LogP contribution >= 0.6 is 11.6 Å². The zero-order valence-electron chi connectivity index (χ0n) is 17.1. The standard InChI is InChI=1S/C21H19ClF3N5O2/c1-2-32-18-7-4-9-26-16(18)12-30-17-8-10-29(11-15(17)27-28-30)20(31)13-5-3-6-14(19(13)22)21(23,24)25/h3-7,9H,2,8,10-12H2,1H3. The van der Waals surface area contributed by atoms with Gasteiger partial charge >= 0.3 is 6.18 Å². The lowest BCUT2D eigenvalue weighted by molar-refractivity contribution is -0.137. The third-order valence-corrected chi connectivity index (χ3v) is 5.55. The average Bonchev–Trinajstić information content (AvgIpc) is 3.16. The summed E-state index contributed by atoms with van der Waals surface area (Å²) in [5.74, 6) is 0.0794. The van der Waals surface area contributed by atoms with E-state index in [0.717, 1.165) is 11.8 Å². The van der Waals surface area contributed by atoms with Gasteiger partial charge in [0, 0.05) is 19.2 Å². The molecule has 0 aliphatic carbocycles. The van der Waals surface area contributed by atoms with Crippen molar-refractivity contribution in [1.29, 1.82) is 0 Å². The highest BCUT2D eigenvalue weighted by Gasteiger charge is 2.36. The minimum atomic E-state index is -4.64. The first-order valence-electron chi connectivity index (χ1n) is 9.92. The fourth-order valence-corrected chi connectivity index (χ4v) is 3.94. The SMILES string of the molecule is CCOc1cccnc1Cn1nnc2c1CCN(C(=O)c1cccc(C(F)(F)F)c1Cl)C2. The van der Waals surface area contributed by atoms with Crippen molar-refractivity contribution in [1.82, 2.24) is 24.9 Å². The van der Waals surface area contributed by atoms with Crippen LogP contribution in [0, 0.1) is 0 Å². The number of hydrogen-bond acceptors (Lipinski definition) is 5. The predicted molar refractivity (Wildman–Crippen MR) is 109 cm³/mol. The summed E-state index contributed by atoms with van der Waals surface area (Å²) in [5, 5.41) is 7.76. The van der Waals surface area contributed by atoms with Crippen molar-refractivity contribution in [3.05, 3.63) is 69.8 Å². The number of hydrogen-bond donors (Lipinski definition) is 0. The van der Waals surface area contributed by atoms with Crippen LogP contribution in [0.1, 0.15) is 39.9 Å². The van der Waals surface area contributed by atoms with Crippen molar-refractivity contribution in [2.24, 2.45) is 0 Å². The molecule has 0 radical (unpaired) electrons. The molecule has 4 rings (SSSR count). The zero-order valence-corrected chi connectivity index (χ0v) is 17.8. The number of aromatic nitrogens is 4. The van der Waals surface area contributed by atoms with Crippen LogP contribution in [0.5, 0.6) is 5.75 Å². The van der Waals surface area contributed by atoms with Crippen molar-refractivity contribution in [2.45, 2.75) is 32.6 Å². The second kappa shape index (κ2) is 8.78. The van der Waals surface area contributed by atoms with Crippen LogP contribution in [0.25, 0.3) is 0 Å². The molecule has 0 spiro atoms. The number of alkyl halides is 3. The van der Waals surface area contributed by atoms with Crippen LogP contribution in [0.3, 0.4) is 0 Å². The Balaban J connectivity index is 1.54. The Hall–Kier alpha value is -3.14. The molecule has 0 fully saturated rings. The molecule has 32 heavy (non-hydrogen) atoms. The summed E-state index contributed by atoms with van der Waals surface area (Å²) in [6.45, 7) is 3.17. The van der Waals surface area contributed by atoms with Crippen LogP contribution in [-0.2, 0) is 25.7 Å². The maximum absolute atomic E-state index is 13.1. The van der Waals surface area contributed by atoms with Crippen LogP contribution < -0.4 is 4.74 Å². The summed E-state index contributed by atoms with van der Waals surface area (Å²) in [6.07, 6.45) is -2.53. The first-order chi connectivity index (χ1) is 15.3. The molecule has 0 atom stereocenters. The Labute approximate surface area is 186 Å². The Bertz CT molecular complexity index is 1150. The molecular weight excluding hydrogens is 447 g/mol. The van der Waals surface area contributed by atoms with Crippen molar-refractivity contribution < 1.29 is 22.7 Å². The van der Waals surface area contributed by atoms with Gasteiger partial charge in [0.1, 0.15) is 17.1 Å². The van der Waals surface area contributed by atoms with E-state index in [4.69, 9.17) is 16.3 Å². The molecule has 1 aliphatic rings. The number of pyridine rings is 1. The Morgan fingerprint density at radius 2 is 2.06 bits per heavy atom.